The van der Waals surface area contributed by atoms with Crippen LogP contribution in [0, 0.1) is 5.92 Å². The summed E-state index contributed by atoms with van der Waals surface area (Å²) < 4.78 is 7.95. The fourth-order valence-electron chi connectivity index (χ4n) is 7.01. The SMILES string of the molecule is CC(C)c1cccc(C(C)C)c1NC(=O)Nc1c(-c2cccc(OCCc3ccccn3)c2)c2cccnc2n(CC2CCCCC2)c1=O. The zero-order chi connectivity index (χ0) is 34.3. The van der Waals surface area contributed by atoms with Gasteiger partial charge in [0.05, 0.1) is 6.61 Å². The maximum Gasteiger partial charge on any atom is 0.323 e. The van der Waals surface area contributed by atoms with Crippen molar-refractivity contribution in [2.75, 3.05) is 17.2 Å². The van der Waals surface area contributed by atoms with E-state index in [0.717, 1.165) is 59.1 Å². The van der Waals surface area contributed by atoms with Gasteiger partial charge in [0, 0.05) is 47.7 Å². The van der Waals surface area contributed by atoms with Gasteiger partial charge in [-0.15, -0.1) is 0 Å². The van der Waals surface area contributed by atoms with Gasteiger partial charge in [0.25, 0.3) is 5.56 Å². The second-order valence-electron chi connectivity index (χ2n) is 13.7. The molecule has 1 saturated carbocycles. The number of hydrogen-bond acceptors (Lipinski definition) is 5. The van der Waals surface area contributed by atoms with Gasteiger partial charge < -0.3 is 15.4 Å². The average molecular weight is 658 g/mol. The maximum absolute atomic E-state index is 14.6. The van der Waals surface area contributed by atoms with Crippen molar-refractivity contribution in [2.45, 2.75) is 84.6 Å². The molecule has 2 aromatic carbocycles. The van der Waals surface area contributed by atoms with Crippen molar-refractivity contribution >= 4 is 28.4 Å². The number of benzene rings is 2. The highest BCUT2D eigenvalue weighted by atomic mass is 16.5. The molecule has 0 saturated heterocycles. The van der Waals surface area contributed by atoms with Crippen molar-refractivity contribution in [3.8, 4) is 16.9 Å². The normalized spacial score (nSPS) is 13.6. The van der Waals surface area contributed by atoms with Crippen LogP contribution in [0.4, 0.5) is 16.2 Å². The third kappa shape index (κ3) is 7.85. The summed E-state index contributed by atoms with van der Waals surface area (Å²) in [5.41, 5.74) is 5.82. The monoisotopic (exact) mass is 657 g/mol. The smallest absolute Gasteiger partial charge is 0.323 e. The lowest BCUT2D eigenvalue weighted by atomic mass is 9.89. The molecule has 8 nitrogen and oxygen atoms in total. The zero-order valence-electron chi connectivity index (χ0n) is 29.0. The Morgan fingerprint density at radius 2 is 1.55 bits per heavy atom. The summed E-state index contributed by atoms with van der Waals surface area (Å²) in [5, 5.41) is 7.00. The Bertz CT molecular complexity index is 1940. The Morgan fingerprint density at radius 3 is 2.27 bits per heavy atom. The standard InChI is InChI=1S/C41H47N5O3/c1-27(2)33-18-11-19-34(28(3)4)37(33)44-41(48)45-38-36(30-15-10-17-32(25-30)49-24-21-31-16-8-9-22-42-31)35-20-12-23-43-39(35)46(40(38)47)26-29-13-6-5-7-14-29/h8-12,15-20,22-23,25,27-29H,5-7,13-14,21,24,26H2,1-4H3,(H2,44,45,48). The Hall–Kier alpha value is -4.98. The molecule has 0 spiro atoms. The molecule has 0 unspecified atom stereocenters. The molecule has 1 aliphatic carbocycles. The van der Waals surface area contributed by atoms with Crippen LogP contribution in [-0.2, 0) is 13.0 Å². The number of urea groups is 1. The van der Waals surface area contributed by atoms with Crippen LogP contribution in [0.3, 0.4) is 0 Å². The van der Waals surface area contributed by atoms with E-state index >= 15 is 0 Å². The van der Waals surface area contributed by atoms with E-state index in [9.17, 15) is 9.59 Å². The number of ether oxygens (including phenoxy) is 1. The predicted molar refractivity (Wildman–Crippen MR) is 199 cm³/mol. The van der Waals surface area contributed by atoms with Crippen molar-refractivity contribution in [1.82, 2.24) is 14.5 Å². The molecule has 0 atom stereocenters. The number of nitrogens with zero attached hydrogens (tertiary/aromatic N) is 3. The first kappa shape index (κ1) is 33.9. The van der Waals surface area contributed by atoms with Crippen molar-refractivity contribution in [1.29, 1.82) is 0 Å². The molecule has 2 N–H and O–H groups in total. The number of amides is 2. The van der Waals surface area contributed by atoms with Crippen LogP contribution in [0.5, 0.6) is 5.75 Å². The van der Waals surface area contributed by atoms with Crippen LogP contribution in [0.2, 0.25) is 0 Å². The molecule has 2 amide bonds. The number of fused-ring (bicyclic) bond motifs is 1. The van der Waals surface area contributed by atoms with Crippen LogP contribution >= 0.6 is 0 Å². The number of aromatic nitrogens is 3. The molecule has 49 heavy (non-hydrogen) atoms. The first-order valence-electron chi connectivity index (χ1n) is 17.7. The molecule has 8 heteroatoms. The minimum Gasteiger partial charge on any atom is -0.493 e. The molecule has 1 aliphatic rings. The van der Waals surface area contributed by atoms with Gasteiger partial charge in [-0.05, 0) is 83.7 Å². The number of rotatable bonds is 11. The first-order valence-corrected chi connectivity index (χ1v) is 17.7. The van der Waals surface area contributed by atoms with Crippen LogP contribution in [-0.4, -0.2) is 27.2 Å². The van der Waals surface area contributed by atoms with Crippen LogP contribution < -0.4 is 20.9 Å². The first-order chi connectivity index (χ1) is 23.8. The summed E-state index contributed by atoms with van der Waals surface area (Å²) in [5.74, 6) is 1.44. The van der Waals surface area contributed by atoms with Crippen LogP contribution in [0.15, 0.2) is 90.0 Å². The van der Waals surface area contributed by atoms with Gasteiger partial charge in [-0.1, -0.05) is 83.4 Å². The highest BCUT2D eigenvalue weighted by molar-refractivity contribution is 6.07. The van der Waals surface area contributed by atoms with Crippen molar-refractivity contribution in [2.24, 2.45) is 5.92 Å². The second kappa shape index (κ2) is 15.5. The number of para-hydroxylation sites is 1. The van der Waals surface area contributed by atoms with Gasteiger partial charge in [-0.25, -0.2) is 9.78 Å². The molecule has 1 fully saturated rings. The summed E-state index contributed by atoms with van der Waals surface area (Å²) in [7, 11) is 0. The molecule has 6 rings (SSSR count). The molecule has 254 valence electrons. The molecule has 0 radical (unpaired) electrons. The van der Waals surface area contributed by atoms with E-state index in [4.69, 9.17) is 9.72 Å². The molecule has 3 heterocycles. The largest absolute Gasteiger partial charge is 0.493 e. The highest BCUT2D eigenvalue weighted by Crippen LogP contribution is 2.37. The predicted octanol–water partition coefficient (Wildman–Crippen LogP) is 9.55. The minimum absolute atomic E-state index is 0.199. The molecule has 5 aromatic rings. The molecular formula is C41H47N5O3. The van der Waals surface area contributed by atoms with E-state index in [2.05, 4.69) is 55.4 Å². The second-order valence-corrected chi connectivity index (χ2v) is 13.7. The third-order valence-corrected chi connectivity index (χ3v) is 9.51. The Labute approximate surface area is 289 Å². The van der Waals surface area contributed by atoms with Gasteiger partial charge in [0.1, 0.15) is 17.1 Å². The Kier molecular flexibility index (Phi) is 10.7. The topological polar surface area (TPSA) is 98.1 Å². The number of carbonyl (C=O) groups excluding carboxylic acids is 1. The lowest BCUT2D eigenvalue weighted by molar-refractivity contribution is 0.262. The minimum atomic E-state index is -0.455. The Morgan fingerprint density at radius 1 is 0.837 bits per heavy atom. The average Bonchev–Trinajstić information content (AvgIpc) is 3.11. The van der Waals surface area contributed by atoms with Crippen molar-refractivity contribution < 1.29 is 9.53 Å². The lowest BCUT2D eigenvalue weighted by Gasteiger charge is -2.25. The van der Waals surface area contributed by atoms with E-state index in [1.54, 1.807) is 17.0 Å². The lowest BCUT2D eigenvalue weighted by Crippen LogP contribution is -2.32. The number of carbonyl (C=O) groups is 1. The third-order valence-electron chi connectivity index (χ3n) is 9.51. The summed E-state index contributed by atoms with van der Waals surface area (Å²) >= 11 is 0. The van der Waals surface area contributed by atoms with Crippen LogP contribution in [0.25, 0.3) is 22.2 Å². The fraction of sp³-hybridized carbons (Fsp3) is 0.366. The van der Waals surface area contributed by atoms with Crippen LogP contribution in [0.1, 0.15) is 88.5 Å². The van der Waals surface area contributed by atoms with Gasteiger partial charge in [0.2, 0.25) is 0 Å². The van der Waals surface area contributed by atoms with E-state index in [0.29, 0.717) is 42.5 Å². The van der Waals surface area contributed by atoms with Gasteiger partial charge in [0.15, 0.2) is 0 Å². The van der Waals surface area contributed by atoms with Crippen molar-refractivity contribution in [3.05, 3.63) is 112 Å². The van der Waals surface area contributed by atoms with Gasteiger partial charge >= 0.3 is 6.03 Å². The fourth-order valence-corrected chi connectivity index (χ4v) is 7.01. The van der Waals surface area contributed by atoms with E-state index < -0.39 is 6.03 Å². The maximum atomic E-state index is 14.6. The summed E-state index contributed by atoms with van der Waals surface area (Å²) in [6.07, 6.45) is 9.89. The molecular weight excluding hydrogens is 610 g/mol. The van der Waals surface area contributed by atoms with E-state index in [-0.39, 0.29) is 23.1 Å². The molecule has 0 aliphatic heterocycles. The molecule has 0 bridgehead atoms. The number of pyridine rings is 3. The summed E-state index contributed by atoms with van der Waals surface area (Å²) in [6.45, 7) is 9.48. The number of nitrogens with one attached hydrogen (secondary N) is 2. The quantitative estimate of drug-likeness (QED) is 0.147. The van der Waals surface area contributed by atoms with Gasteiger partial charge in [-0.2, -0.15) is 0 Å². The van der Waals surface area contributed by atoms with E-state index in [1.807, 2.05) is 60.7 Å². The van der Waals surface area contributed by atoms with Gasteiger partial charge in [-0.3, -0.25) is 14.3 Å². The zero-order valence-corrected chi connectivity index (χ0v) is 29.0. The highest BCUT2D eigenvalue weighted by Gasteiger charge is 2.25. The van der Waals surface area contributed by atoms with E-state index in [1.165, 1.54) is 6.42 Å². The van der Waals surface area contributed by atoms with Crippen molar-refractivity contribution in [3.63, 3.8) is 0 Å². The number of anilines is 2. The Balaban J connectivity index is 1.42. The summed E-state index contributed by atoms with van der Waals surface area (Å²) in [6, 6.07) is 23.1. The summed E-state index contributed by atoms with van der Waals surface area (Å²) in [4.78, 5) is 37.8. The molecule has 3 aromatic heterocycles. The number of hydrogen-bond donors (Lipinski definition) is 2.